The maximum Gasteiger partial charge on any atom is 0.257 e. The van der Waals surface area contributed by atoms with E-state index in [4.69, 9.17) is 10.00 Å². The molecule has 0 radical (unpaired) electrons. The van der Waals surface area contributed by atoms with Crippen molar-refractivity contribution in [3.63, 3.8) is 0 Å². The molecule has 1 rings (SSSR count). The Morgan fingerprint density at radius 1 is 1.48 bits per heavy atom. The van der Waals surface area contributed by atoms with Crippen LogP contribution in [0.5, 0.6) is 5.75 Å². The van der Waals surface area contributed by atoms with Crippen molar-refractivity contribution < 1.29 is 9.53 Å². The van der Waals surface area contributed by atoms with Crippen molar-refractivity contribution in [1.29, 1.82) is 5.26 Å². The SMILES string of the molecule is CCNC(C)c1ccc(OCC(=O)NCCC#N)c(C)c1. The lowest BCUT2D eigenvalue weighted by atomic mass is 10.1. The van der Waals surface area contributed by atoms with Crippen molar-refractivity contribution in [2.45, 2.75) is 33.2 Å². The number of nitrogens with zero attached hydrogens (tertiary/aromatic N) is 1. The first-order chi connectivity index (χ1) is 10.1. The van der Waals surface area contributed by atoms with Gasteiger partial charge in [-0.1, -0.05) is 19.1 Å². The molecule has 1 aromatic carbocycles. The molecule has 0 aromatic heterocycles. The first-order valence-electron chi connectivity index (χ1n) is 7.18. The van der Waals surface area contributed by atoms with E-state index in [1.54, 1.807) is 0 Å². The van der Waals surface area contributed by atoms with Gasteiger partial charge in [-0.15, -0.1) is 0 Å². The summed E-state index contributed by atoms with van der Waals surface area (Å²) in [6.45, 7) is 7.39. The highest BCUT2D eigenvalue weighted by Crippen LogP contribution is 2.22. The Morgan fingerprint density at radius 3 is 2.86 bits per heavy atom. The fourth-order valence-corrected chi connectivity index (χ4v) is 1.98. The van der Waals surface area contributed by atoms with E-state index in [2.05, 4.69) is 30.5 Å². The van der Waals surface area contributed by atoms with Crippen molar-refractivity contribution >= 4 is 5.91 Å². The molecule has 0 aliphatic rings. The van der Waals surface area contributed by atoms with Gasteiger partial charge < -0.3 is 15.4 Å². The second kappa shape index (κ2) is 8.98. The molecule has 114 valence electrons. The quantitative estimate of drug-likeness (QED) is 0.719. The van der Waals surface area contributed by atoms with Crippen molar-refractivity contribution in [2.24, 2.45) is 0 Å². The standard InChI is InChI=1S/C16H23N3O2/c1-4-18-13(3)14-6-7-15(12(2)10-14)21-11-16(20)19-9-5-8-17/h6-7,10,13,18H,4-5,9,11H2,1-3H3,(H,19,20). The first kappa shape index (κ1) is 17.0. The van der Waals surface area contributed by atoms with Crippen LogP contribution >= 0.6 is 0 Å². The third kappa shape index (κ3) is 5.84. The van der Waals surface area contributed by atoms with Gasteiger partial charge in [-0.25, -0.2) is 0 Å². The molecule has 21 heavy (non-hydrogen) atoms. The van der Waals surface area contributed by atoms with Gasteiger partial charge in [-0.3, -0.25) is 4.79 Å². The predicted octanol–water partition coefficient (Wildman–Crippen LogP) is 2.07. The fourth-order valence-electron chi connectivity index (χ4n) is 1.98. The van der Waals surface area contributed by atoms with Crippen LogP contribution in [0.4, 0.5) is 0 Å². The fraction of sp³-hybridized carbons (Fsp3) is 0.500. The normalized spacial score (nSPS) is 11.5. The zero-order chi connectivity index (χ0) is 15.7. The van der Waals surface area contributed by atoms with E-state index in [0.717, 1.165) is 12.1 Å². The average Bonchev–Trinajstić information content (AvgIpc) is 2.46. The van der Waals surface area contributed by atoms with Gasteiger partial charge >= 0.3 is 0 Å². The van der Waals surface area contributed by atoms with Gasteiger partial charge in [0.15, 0.2) is 6.61 Å². The zero-order valence-corrected chi connectivity index (χ0v) is 12.9. The zero-order valence-electron chi connectivity index (χ0n) is 12.9. The maximum absolute atomic E-state index is 11.5. The molecular weight excluding hydrogens is 266 g/mol. The largest absolute Gasteiger partial charge is 0.484 e. The summed E-state index contributed by atoms with van der Waals surface area (Å²) in [5.41, 5.74) is 2.20. The molecule has 0 saturated heterocycles. The van der Waals surface area contributed by atoms with E-state index in [9.17, 15) is 4.79 Å². The summed E-state index contributed by atoms with van der Waals surface area (Å²) in [6, 6.07) is 8.22. The molecule has 5 heteroatoms. The molecule has 0 fully saturated rings. The molecule has 0 saturated carbocycles. The summed E-state index contributed by atoms with van der Waals surface area (Å²) in [5, 5.41) is 14.4. The molecule has 2 N–H and O–H groups in total. The van der Waals surface area contributed by atoms with Crippen LogP contribution in [0.3, 0.4) is 0 Å². The van der Waals surface area contributed by atoms with E-state index in [1.807, 2.05) is 25.1 Å². The summed E-state index contributed by atoms with van der Waals surface area (Å²) in [7, 11) is 0. The topological polar surface area (TPSA) is 74.2 Å². The third-order valence-electron chi connectivity index (χ3n) is 3.13. The highest BCUT2D eigenvalue weighted by Gasteiger charge is 2.08. The van der Waals surface area contributed by atoms with Crippen LogP contribution in [0.1, 0.15) is 37.4 Å². The van der Waals surface area contributed by atoms with E-state index in [1.165, 1.54) is 5.56 Å². The number of rotatable bonds is 8. The van der Waals surface area contributed by atoms with Crippen molar-refractivity contribution in [3.8, 4) is 11.8 Å². The molecule has 0 spiro atoms. The second-order valence-electron chi connectivity index (χ2n) is 4.85. The summed E-state index contributed by atoms with van der Waals surface area (Å²) in [5.74, 6) is 0.493. The van der Waals surface area contributed by atoms with E-state index < -0.39 is 0 Å². The van der Waals surface area contributed by atoms with Gasteiger partial charge in [0.05, 0.1) is 12.5 Å². The molecule has 0 aliphatic carbocycles. The maximum atomic E-state index is 11.5. The Kier molecular flexibility index (Phi) is 7.27. The van der Waals surface area contributed by atoms with Gasteiger partial charge in [-0.05, 0) is 37.6 Å². The van der Waals surface area contributed by atoms with Crippen LogP contribution in [0.15, 0.2) is 18.2 Å². The number of aryl methyl sites for hydroxylation is 1. The number of benzene rings is 1. The van der Waals surface area contributed by atoms with Gasteiger partial charge in [0.2, 0.25) is 0 Å². The molecule has 1 atom stereocenters. The summed E-state index contributed by atoms with van der Waals surface area (Å²) >= 11 is 0. The van der Waals surface area contributed by atoms with Crippen molar-refractivity contribution in [1.82, 2.24) is 10.6 Å². The minimum atomic E-state index is -0.213. The molecule has 1 unspecified atom stereocenters. The second-order valence-corrected chi connectivity index (χ2v) is 4.85. The number of ether oxygens (including phenoxy) is 1. The molecule has 0 heterocycles. The molecule has 1 amide bonds. The van der Waals surface area contributed by atoms with Crippen molar-refractivity contribution in [3.05, 3.63) is 29.3 Å². The van der Waals surface area contributed by atoms with E-state index >= 15 is 0 Å². The monoisotopic (exact) mass is 289 g/mol. The Balaban J connectivity index is 2.53. The number of amides is 1. The third-order valence-corrected chi connectivity index (χ3v) is 3.13. The van der Waals surface area contributed by atoms with Crippen LogP contribution in [-0.2, 0) is 4.79 Å². The summed E-state index contributed by atoms with van der Waals surface area (Å²) < 4.78 is 5.51. The van der Waals surface area contributed by atoms with Crippen LogP contribution < -0.4 is 15.4 Å². The smallest absolute Gasteiger partial charge is 0.257 e. The van der Waals surface area contributed by atoms with Gasteiger partial charge in [0.25, 0.3) is 5.91 Å². The number of nitriles is 1. The molecule has 1 aromatic rings. The lowest BCUT2D eigenvalue weighted by Gasteiger charge is -2.15. The number of hydrogen-bond donors (Lipinski definition) is 2. The minimum absolute atomic E-state index is 0.0334. The van der Waals surface area contributed by atoms with Crippen LogP contribution in [0.25, 0.3) is 0 Å². The Hall–Kier alpha value is -2.06. The number of carbonyl (C=O) groups is 1. The Labute approximate surface area is 126 Å². The van der Waals surface area contributed by atoms with Crippen LogP contribution in [-0.4, -0.2) is 25.6 Å². The van der Waals surface area contributed by atoms with Crippen LogP contribution in [0.2, 0.25) is 0 Å². The first-order valence-corrected chi connectivity index (χ1v) is 7.18. The van der Waals surface area contributed by atoms with Gasteiger partial charge in [0.1, 0.15) is 5.75 Å². The Bertz CT molecular complexity index is 509. The Morgan fingerprint density at radius 2 is 2.24 bits per heavy atom. The van der Waals surface area contributed by atoms with Gasteiger partial charge in [0, 0.05) is 12.6 Å². The highest BCUT2D eigenvalue weighted by atomic mass is 16.5. The predicted molar refractivity (Wildman–Crippen MR) is 82.0 cm³/mol. The number of nitrogens with one attached hydrogen (secondary N) is 2. The van der Waals surface area contributed by atoms with E-state index in [-0.39, 0.29) is 18.6 Å². The number of hydrogen-bond acceptors (Lipinski definition) is 4. The molecule has 5 nitrogen and oxygen atoms in total. The lowest BCUT2D eigenvalue weighted by Crippen LogP contribution is -2.29. The molecule has 0 bridgehead atoms. The van der Waals surface area contributed by atoms with Gasteiger partial charge in [-0.2, -0.15) is 5.26 Å². The van der Waals surface area contributed by atoms with Crippen molar-refractivity contribution in [2.75, 3.05) is 19.7 Å². The minimum Gasteiger partial charge on any atom is -0.484 e. The average molecular weight is 289 g/mol. The molecule has 0 aliphatic heterocycles. The molecular formula is C16H23N3O2. The van der Waals surface area contributed by atoms with E-state index in [0.29, 0.717) is 18.7 Å². The van der Waals surface area contributed by atoms with Crippen LogP contribution in [0, 0.1) is 18.3 Å². The summed E-state index contributed by atoms with van der Waals surface area (Å²) in [6.07, 6.45) is 0.307. The highest BCUT2D eigenvalue weighted by molar-refractivity contribution is 5.77. The summed E-state index contributed by atoms with van der Waals surface area (Å²) in [4.78, 5) is 11.5. The lowest BCUT2D eigenvalue weighted by molar-refractivity contribution is -0.123. The number of carbonyl (C=O) groups excluding carboxylic acids is 1.